The van der Waals surface area contributed by atoms with Crippen LogP contribution in [0, 0.1) is 11.8 Å². The van der Waals surface area contributed by atoms with Gasteiger partial charge in [-0.15, -0.1) is 0 Å². The molecule has 0 saturated carbocycles. The molecule has 2 unspecified atom stereocenters. The van der Waals surface area contributed by atoms with E-state index in [4.69, 9.17) is 4.74 Å². The number of ketones is 1. The fraction of sp³-hybridized carbons (Fsp3) is 0.909. The molecule has 0 N–H and O–H groups in total. The van der Waals surface area contributed by atoms with E-state index in [0.29, 0.717) is 30.5 Å². The summed E-state index contributed by atoms with van der Waals surface area (Å²) >= 11 is 0. The Morgan fingerprint density at radius 1 is 1.08 bits per heavy atom. The second-order valence-electron chi connectivity index (χ2n) is 4.65. The second-order valence-corrected chi connectivity index (χ2v) is 4.65. The molecular formula is C11H20O2. The van der Waals surface area contributed by atoms with Crippen molar-refractivity contribution in [1.82, 2.24) is 0 Å². The summed E-state index contributed by atoms with van der Waals surface area (Å²) in [6.45, 7) is 8.45. The third kappa shape index (κ3) is 2.80. The van der Waals surface area contributed by atoms with Gasteiger partial charge in [0, 0.05) is 12.8 Å². The van der Waals surface area contributed by atoms with Crippen LogP contribution in [0.25, 0.3) is 0 Å². The molecule has 1 rings (SSSR count). The summed E-state index contributed by atoms with van der Waals surface area (Å²) in [5.41, 5.74) is 0. The topological polar surface area (TPSA) is 26.3 Å². The van der Waals surface area contributed by atoms with Gasteiger partial charge >= 0.3 is 0 Å². The van der Waals surface area contributed by atoms with Crippen molar-refractivity contribution in [3.63, 3.8) is 0 Å². The summed E-state index contributed by atoms with van der Waals surface area (Å²) in [6.07, 6.45) is 1.52. The maximum absolute atomic E-state index is 11.4. The summed E-state index contributed by atoms with van der Waals surface area (Å²) in [7, 11) is 0. The van der Waals surface area contributed by atoms with Gasteiger partial charge in [-0.25, -0.2) is 0 Å². The van der Waals surface area contributed by atoms with Crippen LogP contribution in [0.1, 0.15) is 40.5 Å². The Labute approximate surface area is 80.7 Å². The highest BCUT2D eigenvalue weighted by atomic mass is 16.5. The molecule has 1 aliphatic heterocycles. The van der Waals surface area contributed by atoms with E-state index in [0.717, 1.165) is 0 Å². The zero-order chi connectivity index (χ0) is 10.0. The lowest BCUT2D eigenvalue weighted by Gasteiger charge is -2.33. The van der Waals surface area contributed by atoms with Crippen LogP contribution < -0.4 is 0 Å². The fourth-order valence-electron chi connectivity index (χ4n) is 1.64. The number of ether oxygens (including phenoxy) is 1. The zero-order valence-electron chi connectivity index (χ0n) is 9.04. The predicted octanol–water partition coefficient (Wildman–Crippen LogP) is 2.42. The van der Waals surface area contributed by atoms with Gasteiger partial charge in [-0.3, -0.25) is 4.79 Å². The molecule has 13 heavy (non-hydrogen) atoms. The minimum atomic E-state index is 0.147. The Hall–Kier alpha value is -0.370. The Bertz CT molecular complexity index is 167. The first kappa shape index (κ1) is 10.7. The van der Waals surface area contributed by atoms with Gasteiger partial charge in [-0.2, -0.15) is 0 Å². The van der Waals surface area contributed by atoms with Crippen LogP contribution in [0.2, 0.25) is 0 Å². The first-order valence-electron chi connectivity index (χ1n) is 5.18. The van der Waals surface area contributed by atoms with Gasteiger partial charge in [0.25, 0.3) is 0 Å². The van der Waals surface area contributed by atoms with Crippen molar-refractivity contribution >= 4 is 5.78 Å². The molecule has 0 spiro atoms. The average molecular weight is 184 g/mol. The van der Waals surface area contributed by atoms with E-state index < -0.39 is 0 Å². The highest BCUT2D eigenvalue weighted by Gasteiger charge is 2.30. The molecule has 1 heterocycles. The van der Waals surface area contributed by atoms with Gasteiger partial charge in [-0.1, -0.05) is 27.7 Å². The summed E-state index contributed by atoms with van der Waals surface area (Å²) in [5, 5.41) is 0. The molecule has 0 aromatic carbocycles. The number of rotatable bonds is 2. The Balaban J connectivity index is 2.57. The van der Waals surface area contributed by atoms with Crippen LogP contribution >= 0.6 is 0 Å². The molecule has 2 atom stereocenters. The smallest absolute Gasteiger partial charge is 0.138 e. The molecule has 0 bridgehead atoms. The molecule has 1 fully saturated rings. The molecule has 0 aliphatic carbocycles. The van der Waals surface area contributed by atoms with E-state index in [1.54, 1.807) is 0 Å². The zero-order valence-corrected chi connectivity index (χ0v) is 9.04. The summed E-state index contributed by atoms with van der Waals surface area (Å²) in [6, 6.07) is 0. The SMILES string of the molecule is CC(C)C1CC(=O)CC(C(C)C)O1. The monoisotopic (exact) mass is 184 g/mol. The van der Waals surface area contributed by atoms with Crippen molar-refractivity contribution in [1.29, 1.82) is 0 Å². The van der Waals surface area contributed by atoms with Gasteiger partial charge in [0.1, 0.15) is 5.78 Å². The van der Waals surface area contributed by atoms with Crippen LogP contribution in [0.15, 0.2) is 0 Å². The summed E-state index contributed by atoms with van der Waals surface area (Å²) in [5.74, 6) is 1.26. The lowest BCUT2D eigenvalue weighted by atomic mass is 9.91. The van der Waals surface area contributed by atoms with Gasteiger partial charge in [0.05, 0.1) is 12.2 Å². The lowest BCUT2D eigenvalue weighted by molar-refractivity contribution is -0.142. The first-order valence-corrected chi connectivity index (χ1v) is 5.18. The highest BCUT2D eigenvalue weighted by molar-refractivity contribution is 5.80. The van der Waals surface area contributed by atoms with Crippen molar-refractivity contribution < 1.29 is 9.53 Å². The molecule has 0 amide bonds. The number of Topliss-reactive ketones (excluding diaryl/α,β-unsaturated/α-hetero) is 1. The molecule has 2 nitrogen and oxygen atoms in total. The minimum absolute atomic E-state index is 0.147. The summed E-state index contributed by atoms with van der Waals surface area (Å²) in [4.78, 5) is 11.4. The lowest BCUT2D eigenvalue weighted by Crippen LogP contribution is -2.38. The number of carbonyl (C=O) groups is 1. The molecule has 1 aliphatic rings. The third-order valence-electron chi connectivity index (χ3n) is 2.69. The molecule has 0 aromatic heterocycles. The molecule has 76 valence electrons. The van der Waals surface area contributed by atoms with Crippen LogP contribution in [-0.2, 0) is 9.53 Å². The molecular weight excluding hydrogens is 164 g/mol. The molecule has 0 radical (unpaired) electrons. The van der Waals surface area contributed by atoms with Crippen molar-refractivity contribution in [2.75, 3.05) is 0 Å². The Morgan fingerprint density at radius 3 is 1.77 bits per heavy atom. The second kappa shape index (κ2) is 4.23. The largest absolute Gasteiger partial charge is 0.374 e. The van der Waals surface area contributed by atoms with E-state index in [-0.39, 0.29) is 12.2 Å². The summed E-state index contributed by atoms with van der Waals surface area (Å²) < 4.78 is 5.86. The van der Waals surface area contributed by atoms with Crippen LogP contribution in [0.5, 0.6) is 0 Å². The van der Waals surface area contributed by atoms with Gasteiger partial charge in [0.15, 0.2) is 0 Å². The average Bonchev–Trinajstić information content (AvgIpc) is 2.03. The fourth-order valence-corrected chi connectivity index (χ4v) is 1.64. The number of carbonyl (C=O) groups excluding carboxylic acids is 1. The standard InChI is InChI=1S/C11H20O2/c1-7(2)10-5-9(12)6-11(13-10)8(3)4/h7-8,10-11H,5-6H2,1-4H3. The van der Waals surface area contributed by atoms with E-state index in [1.165, 1.54) is 0 Å². The minimum Gasteiger partial charge on any atom is -0.374 e. The normalized spacial score (nSPS) is 30.2. The van der Waals surface area contributed by atoms with Crippen LogP contribution in [-0.4, -0.2) is 18.0 Å². The van der Waals surface area contributed by atoms with E-state index in [1.807, 2.05) is 0 Å². The van der Waals surface area contributed by atoms with Crippen molar-refractivity contribution in [2.24, 2.45) is 11.8 Å². The van der Waals surface area contributed by atoms with Gasteiger partial charge < -0.3 is 4.74 Å². The molecule has 1 saturated heterocycles. The predicted molar refractivity (Wildman–Crippen MR) is 52.6 cm³/mol. The number of hydrogen-bond donors (Lipinski definition) is 0. The quantitative estimate of drug-likeness (QED) is 0.658. The van der Waals surface area contributed by atoms with Crippen molar-refractivity contribution in [3.8, 4) is 0 Å². The Kier molecular flexibility index (Phi) is 3.48. The third-order valence-corrected chi connectivity index (χ3v) is 2.69. The van der Waals surface area contributed by atoms with E-state index in [9.17, 15) is 4.79 Å². The van der Waals surface area contributed by atoms with E-state index >= 15 is 0 Å². The molecule has 2 heteroatoms. The van der Waals surface area contributed by atoms with Crippen molar-refractivity contribution in [3.05, 3.63) is 0 Å². The van der Waals surface area contributed by atoms with Gasteiger partial charge in [0.2, 0.25) is 0 Å². The van der Waals surface area contributed by atoms with E-state index in [2.05, 4.69) is 27.7 Å². The highest BCUT2D eigenvalue weighted by Crippen LogP contribution is 2.25. The van der Waals surface area contributed by atoms with Crippen LogP contribution in [0.4, 0.5) is 0 Å². The molecule has 0 aromatic rings. The number of hydrogen-bond acceptors (Lipinski definition) is 2. The maximum atomic E-state index is 11.4. The van der Waals surface area contributed by atoms with Crippen LogP contribution in [0.3, 0.4) is 0 Å². The maximum Gasteiger partial charge on any atom is 0.138 e. The van der Waals surface area contributed by atoms with Gasteiger partial charge in [-0.05, 0) is 11.8 Å². The van der Waals surface area contributed by atoms with Crippen molar-refractivity contribution in [2.45, 2.75) is 52.7 Å². The Morgan fingerprint density at radius 2 is 1.46 bits per heavy atom. The first-order chi connectivity index (χ1) is 6.00.